The molecule has 152 valence electrons. The van der Waals surface area contributed by atoms with Crippen LogP contribution in [-0.2, 0) is 6.18 Å². The van der Waals surface area contributed by atoms with E-state index in [1.54, 1.807) is 24.3 Å². The first-order chi connectivity index (χ1) is 14.4. The zero-order valence-corrected chi connectivity index (χ0v) is 15.9. The van der Waals surface area contributed by atoms with Gasteiger partial charge in [0.2, 0.25) is 0 Å². The Morgan fingerprint density at radius 2 is 1.67 bits per heavy atom. The topological polar surface area (TPSA) is 35.5 Å². The first kappa shape index (κ1) is 19.8. The molecule has 3 nitrogen and oxygen atoms in total. The summed E-state index contributed by atoms with van der Waals surface area (Å²) >= 11 is 0. The number of carbonyl (C=O) groups is 1. The zero-order chi connectivity index (χ0) is 21.3. The number of carbonyl (C=O) groups excluding carboxylic acids is 1. The van der Waals surface area contributed by atoms with Crippen LogP contribution in [0.1, 0.15) is 33.2 Å². The van der Waals surface area contributed by atoms with Crippen molar-refractivity contribution in [1.29, 1.82) is 0 Å². The molecule has 0 spiro atoms. The molecule has 1 heterocycles. The molecule has 0 saturated heterocycles. The van der Waals surface area contributed by atoms with E-state index < -0.39 is 17.8 Å². The Kier molecular flexibility index (Phi) is 5.08. The summed E-state index contributed by atoms with van der Waals surface area (Å²) in [4.78, 5) is 13.3. The van der Waals surface area contributed by atoms with Crippen molar-refractivity contribution >= 4 is 11.9 Å². The van der Waals surface area contributed by atoms with Gasteiger partial charge in [0.25, 0.3) is 0 Å². The predicted molar refractivity (Wildman–Crippen MR) is 107 cm³/mol. The van der Waals surface area contributed by atoms with Gasteiger partial charge in [-0.2, -0.15) is 13.2 Å². The number of ether oxygens (including phenoxy) is 2. The lowest BCUT2D eigenvalue weighted by Gasteiger charge is -2.28. The first-order valence-electron chi connectivity index (χ1n) is 9.20. The Balaban J connectivity index is 1.81. The van der Waals surface area contributed by atoms with Crippen molar-refractivity contribution in [3.05, 3.63) is 101 Å². The Morgan fingerprint density at radius 1 is 0.967 bits per heavy atom. The number of alkyl halides is 3. The fourth-order valence-electron chi connectivity index (χ4n) is 3.35. The summed E-state index contributed by atoms with van der Waals surface area (Å²) in [5.74, 6) is 0.681. The molecule has 0 radical (unpaired) electrons. The largest absolute Gasteiger partial charge is 0.497 e. The predicted octanol–water partition coefficient (Wildman–Crippen LogP) is 6.11. The maximum absolute atomic E-state index is 13.3. The summed E-state index contributed by atoms with van der Waals surface area (Å²) in [5.41, 5.74) is 1.18. The van der Waals surface area contributed by atoms with Crippen molar-refractivity contribution in [3.63, 3.8) is 0 Å². The Hall–Kier alpha value is -3.54. The molecule has 0 fully saturated rings. The molecule has 3 aromatic rings. The second-order valence-electron chi connectivity index (χ2n) is 6.82. The molecule has 3 aromatic carbocycles. The van der Waals surface area contributed by atoms with Crippen LogP contribution in [0.5, 0.6) is 11.5 Å². The second-order valence-corrected chi connectivity index (χ2v) is 6.82. The van der Waals surface area contributed by atoms with Crippen molar-refractivity contribution < 1.29 is 27.4 Å². The minimum absolute atomic E-state index is 0.260. The van der Waals surface area contributed by atoms with E-state index in [0.717, 1.165) is 17.7 Å². The number of hydrogen-bond acceptors (Lipinski definition) is 3. The number of methoxy groups -OCH3 is 1. The minimum atomic E-state index is -4.42. The van der Waals surface area contributed by atoms with E-state index in [1.807, 2.05) is 30.3 Å². The van der Waals surface area contributed by atoms with Gasteiger partial charge in [-0.3, -0.25) is 4.79 Å². The zero-order valence-electron chi connectivity index (χ0n) is 15.9. The third kappa shape index (κ3) is 3.81. The standard InChI is InChI=1S/C24H17F3O3/c1-29-18-11-12-21-19(14-18)22(28)20(23(30-21)16-5-3-2-4-6-16)13-15-7-9-17(10-8-15)24(25,26)27/h2-14,23H,1H3. The van der Waals surface area contributed by atoms with Crippen molar-refractivity contribution in [3.8, 4) is 11.5 Å². The SMILES string of the molecule is COc1ccc2c(c1)C(=O)C(=Cc1ccc(C(F)(F)F)cc1)C(c1ccccc1)O2. The molecule has 0 aromatic heterocycles. The van der Waals surface area contributed by atoms with Gasteiger partial charge >= 0.3 is 6.18 Å². The number of halogens is 3. The third-order valence-corrected chi connectivity index (χ3v) is 4.88. The van der Waals surface area contributed by atoms with Crippen molar-refractivity contribution in [2.75, 3.05) is 7.11 Å². The van der Waals surface area contributed by atoms with Gasteiger partial charge in [0, 0.05) is 5.57 Å². The maximum Gasteiger partial charge on any atom is 0.416 e. The van der Waals surface area contributed by atoms with E-state index in [2.05, 4.69) is 0 Å². The van der Waals surface area contributed by atoms with Crippen molar-refractivity contribution in [2.45, 2.75) is 12.3 Å². The molecule has 1 unspecified atom stereocenters. The molecular weight excluding hydrogens is 393 g/mol. The highest BCUT2D eigenvalue weighted by molar-refractivity contribution is 6.14. The van der Waals surface area contributed by atoms with E-state index in [-0.39, 0.29) is 5.78 Å². The fraction of sp³-hybridized carbons (Fsp3) is 0.125. The number of benzene rings is 3. The van der Waals surface area contributed by atoms with Gasteiger partial charge in [0.15, 0.2) is 11.9 Å². The Morgan fingerprint density at radius 3 is 2.30 bits per heavy atom. The molecule has 1 aliphatic heterocycles. The summed E-state index contributed by atoms with van der Waals surface area (Å²) < 4.78 is 49.9. The minimum Gasteiger partial charge on any atom is -0.497 e. The number of Topliss-reactive ketones (excluding diaryl/α,β-unsaturated/α-hetero) is 1. The van der Waals surface area contributed by atoms with Crippen LogP contribution in [-0.4, -0.2) is 12.9 Å². The molecule has 4 rings (SSSR count). The Bertz CT molecular complexity index is 1100. The molecule has 1 atom stereocenters. The van der Waals surface area contributed by atoms with Crippen LogP contribution in [0.3, 0.4) is 0 Å². The maximum atomic E-state index is 13.3. The lowest BCUT2D eigenvalue weighted by atomic mass is 9.89. The van der Waals surface area contributed by atoms with Crippen LogP contribution in [0, 0.1) is 0 Å². The molecule has 0 saturated carbocycles. The summed E-state index contributed by atoms with van der Waals surface area (Å²) in [7, 11) is 1.50. The van der Waals surface area contributed by atoms with Crippen molar-refractivity contribution in [2.24, 2.45) is 0 Å². The van der Waals surface area contributed by atoms with E-state index in [4.69, 9.17) is 9.47 Å². The first-order valence-corrected chi connectivity index (χ1v) is 9.20. The van der Waals surface area contributed by atoms with Crippen LogP contribution >= 0.6 is 0 Å². The highest BCUT2D eigenvalue weighted by Gasteiger charge is 2.34. The summed E-state index contributed by atoms with van der Waals surface area (Å²) in [6.45, 7) is 0. The lowest BCUT2D eigenvalue weighted by Crippen LogP contribution is -2.23. The van der Waals surface area contributed by atoms with E-state index >= 15 is 0 Å². The number of ketones is 1. The number of fused-ring (bicyclic) bond motifs is 1. The van der Waals surface area contributed by atoms with E-state index in [1.165, 1.54) is 19.2 Å². The van der Waals surface area contributed by atoms with Gasteiger partial charge < -0.3 is 9.47 Å². The highest BCUT2D eigenvalue weighted by atomic mass is 19.4. The summed E-state index contributed by atoms with van der Waals surface area (Å²) in [6.07, 6.45) is -3.53. The van der Waals surface area contributed by atoms with Crippen molar-refractivity contribution in [1.82, 2.24) is 0 Å². The summed E-state index contributed by atoms with van der Waals surface area (Å²) in [5, 5.41) is 0. The van der Waals surface area contributed by atoms with Crippen LogP contribution in [0.25, 0.3) is 6.08 Å². The van der Waals surface area contributed by atoms with Crippen LogP contribution in [0.2, 0.25) is 0 Å². The van der Waals surface area contributed by atoms with Crippen LogP contribution in [0.4, 0.5) is 13.2 Å². The Labute approximate surface area is 171 Å². The molecule has 0 bridgehead atoms. The molecule has 0 N–H and O–H groups in total. The van der Waals surface area contributed by atoms with Gasteiger partial charge in [-0.25, -0.2) is 0 Å². The van der Waals surface area contributed by atoms with Gasteiger partial charge in [-0.15, -0.1) is 0 Å². The number of hydrogen-bond donors (Lipinski definition) is 0. The molecule has 0 aliphatic carbocycles. The van der Waals surface area contributed by atoms with Gasteiger partial charge in [0.1, 0.15) is 11.5 Å². The van der Waals surface area contributed by atoms with E-state index in [0.29, 0.717) is 28.2 Å². The quantitative estimate of drug-likeness (QED) is 0.489. The van der Waals surface area contributed by atoms with Crippen LogP contribution < -0.4 is 9.47 Å². The van der Waals surface area contributed by atoms with Crippen LogP contribution in [0.15, 0.2) is 78.4 Å². The summed E-state index contributed by atoms with van der Waals surface area (Å²) in [6, 6.07) is 18.9. The average molecular weight is 410 g/mol. The number of rotatable bonds is 3. The van der Waals surface area contributed by atoms with Gasteiger partial charge in [-0.1, -0.05) is 42.5 Å². The fourth-order valence-corrected chi connectivity index (χ4v) is 3.35. The molecular formula is C24H17F3O3. The molecule has 30 heavy (non-hydrogen) atoms. The molecule has 6 heteroatoms. The van der Waals surface area contributed by atoms with Gasteiger partial charge in [0.05, 0.1) is 18.2 Å². The highest BCUT2D eigenvalue weighted by Crippen LogP contribution is 2.40. The molecule has 1 aliphatic rings. The van der Waals surface area contributed by atoms with E-state index in [9.17, 15) is 18.0 Å². The normalized spacial score (nSPS) is 17.4. The third-order valence-electron chi connectivity index (χ3n) is 4.88. The molecule has 0 amide bonds. The average Bonchev–Trinajstić information content (AvgIpc) is 2.75. The monoisotopic (exact) mass is 410 g/mol. The van der Waals surface area contributed by atoms with Gasteiger partial charge in [-0.05, 0) is 47.5 Å². The second kappa shape index (κ2) is 7.71. The lowest BCUT2D eigenvalue weighted by molar-refractivity contribution is -0.137. The smallest absolute Gasteiger partial charge is 0.416 e.